The van der Waals surface area contributed by atoms with Gasteiger partial charge in [0.25, 0.3) is 5.91 Å². The minimum atomic E-state index is -0.453. The Balaban J connectivity index is 1.47. The molecule has 0 radical (unpaired) electrons. The Bertz CT molecular complexity index is 962. The highest BCUT2D eigenvalue weighted by atomic mass is 16.5. The summed E-state index contributed by atoms with van der Waals surface area (Å²) in [5.74, 6) is 0.916. The monoisotopic (exact) mass is 421 g/mol. The summed E-state index contributed by atoms with van der Waals surface area (Å²) in [4.78, 5) is 28.3. The molecule has 1 saturated heterocycles. The van der Waals surface area contributed by atoms with E-state index in [0.29, 0.717) is 17.7 Å². The van der Waals surface area contributed by atoms with Crippen molar-refractivity contribution in [2.75, 3.05) is 27.2 Å². The van der Waals surface area contributed by atoms with Crippen molar-refractivity contribution in [1.29, 1.82) is 0 Å². The molecule has 6 nitrogen and oxygen atoms in total. The summed E-state index contributed by atoms with van der Waals surface area (Å²) in [6.45, 7) is 4.32. The van der Waals surface area contributed by atoms with Gasteiger partial charge in [0.05, 0.1) is 12.5 Å². The van der Waals surface area contributed by atoms with Crippen LogP contribution in [0.1, 0.15) is 34.3 Å². The first-order valence-electron chi connectivity index (χ1n) is 10.9. The summed E-state index contributed by atoms with van der Waals surface area (Å²) in [6.07, 6.45) is 1.48. The molecule has 2 aromatic rings. The van der Waals surface area contributed by atoms with Gasteiger partial charge in [-0.2, -0.15) is 0 Å². The maximum atomic E-state index is 13.0. The fourth-order valence-electron chi connectivity index (χ4n) is 5.49. The molecule has 1 aliphatic carbocycles. The third kappa shape index (κ3) is 4.04. The van der Waals surface area contributed by atoms with E-state index in [0.717, 1.165) is 31.6 Å². The number of amides is 2. The average Bonchev–Trinajstić information content (AvgIpc) is 3.27. The van der Waals surface area contributed by atoms with Crippen LogP contribution in [0.25, 0.3) is 0 Å². The lowest BCUT2D eigenvalue weighted by Crippen LogP contribution is -2.44. The van der Waals surface area contributed by atoms with Crippen LogP contribution in [-0.4, -0.2) is 50.0 Å². The number of nitrogens with one attached hydrogen (secondary N) is 2. The number of hydrogen-bond donors (Lipinski definition) is 2. The average molecular weight is 422 g/mol. The molecule has 2 aliphatic rings. The van der Waals surface area contributed by atoms with Crippen molar-refractivity contribution >= 4 is 11.8 Å². The van der Waals surface area contributed by atoms with Gasteiger partial charge in [0.15, 0.2) is 0 Å². The van der Waals surface area contributed by atoms with Gasteiger partial charge >= 0.3 is 0 Å². The fourth-order valence-corrected chi connectivity index (χ4v) is 5.49. The predicted molar refractivity (Wildman–Crippen MR) is 120 cm³/mol. The first-order chi connectivity index (χ1) is 15.0. The van der Waals surface area contributed by atoms with Crippen LogP contribution in [0.3, 0.4) is 0 Å². The van der Waals surface area contributed by atoms with Gasteiger partial charge in [-0.25, -0.2) is 0 Å². The van der Waals surface area contributed by atoms with E-state index in [4.69, 9.17) is 4.74 Å². The van der Waals surface area contributed by atoms with Gasteiger partial charge in [0.1, 0.15) is 5.75 Å². The SMILES string of the molecule is CNC(=O)[C@]12C[C@@H](NC(=O)c3cccc(OC)c3C)C[C@H]1CN(Cc1ccccc1)C2. The summed E-state index contributed by atoms with van der Waals surface area (Å²) < 4.78 is 5.35. The molecule has 1 aliphatic heterocycles. The maximum absolute atomic E-state index is 13.0. The molecule has 6 heteroatoms. The Hall–Kier alpha value is -2.86. The van der Waals surface area contributed by atoms with Gasteiger partial charge in [0, 0.05) is 43.9 Å². The minimum Gasteiger partial charge on any atom is -0.496 e. The Labute approximate surface area is 184 Å². The maximum Gasteiger partial charge on any atom is 0.251 e. The molecule has 0 bridgehead atoms. The van der Waals surface area contributed by atoms with Gasteiger partial charge in [-0.1, -0.05) is 36.4 Å². The molecule has 2 amide bonds. The zero-order valence-corrected chi connectivity index (χ0v) is 18.5. The lowest BCUT2D eigenvalue weighted by molar-refractivity contribution is -0.131. The molecule has 1 saturated carbocycles. The number of fused-ring (bicyclic) bond motifs is 1. The number of ether oxygens (including phenoxy) is 1. The number of hydrogen-bond acceptors (Lipinski definition) is 4. The molecule has 4 rings (SSSR count). The van der Waals surface area contributed by atoms with E-state index in [2.05, 4.69) is 27.7 Å². The quantitative estimate of drug-likeness (QED) is 0.753. The molecule has 2 fully saturated rings. The number of carbonyl (C=O) groups excluding carboxylic acids is 2. The summed E-state index contributed by atoms with van der Waals surface area (Å²) in [5, 5.41) is 6.08. The van der Waals surface area contributed by atoms with Crippen LogP contribution in [0.2, 0.25) is 0 Å². The number of benzene rings is 2. The van der Waals surface area contributed by atoms with Crippen LogP contribution in [0.5, 0.6) is 5.75 Å². The zero-order valence-electron chi connectivity index (χ0n) is 18.5. The summed E-state index contributed by atoms with van der Waals surface area (Å²) in [5.41, 5.74) is 2.25. The van der Waals surface area contributed by atoms with Crippen LogP contribution < -0.4 is 15.4 Å². The molecule has 0 aromatic heterocycles. The van der Waals surface area contributed by atoms with Gasteiger partial charge in [-0.05, 0) is 43.4 Å². The van der Waals surface area contributed by atoms with Crippen LogP contribution in [-0.2, 0) is 11.3 Å². The van der Waals surface area contributed by atoms with Crippen molar-refractivity contribution in [1.82, 2.24) is 15.5 Å². The highest BCUT2D eigenvalue weighted by molar-refractivity contribution is 5.96. The number of carbonyl (C=O) groups is 2. The third-order valence-corrected chi connectivity index (χ3v) is 6.96. The minimum absolute atomic E-state index is 0.0146. The second kappa shape index (κ2) is 8.71. The molecule has 31 heavy (non-hydrogen) atoms. The van der Waals surface area contributed by atoms with Crippen molar-refractivity contribution in [2.24, 2.45) is 11.3 Å². The molecular weight excluding hydrogens is 390 g/mol. The van der Waals surface area contributed by atoms with Crippen molar-refractivity contribution in [3.8, 4) is 5.75 Å². The molecule has 2 N–H and O–H groups in total. The molecule has 164 valence electrons. The predicted octanol–water partition coefficient (Wildman–Crippen LogP) is 2.76. The molecule has 2 aromatic carbocycles. The van der Waals surface area contributed by atoms with Crippen molar-refractivity contribution in [3.63, 3.8) is 0 Å². The molecule has 0 spiro atoms. The fraction of sp³-hybridized carbons (Fsp3) is 0.440. The van der Waals surface area contributed by atoms with E-state index in [9.17, 15) is 9.59 Å². The Morgan fingerprint density at radius 1 is 1.16 bits per heavy atom. The topological polar surface area (TPSA) is 70.7 Å². The van der Waals surface area contributed by atoms with Gasteiger partial charge < -0.3 is 15.4 Å². The molecular formula is C25H31N3O3. The molecule has 0 unspecified atom stereocenters. The van der Waals surface area contributed by atoms with Gasteiger partial charge in [0.2, 0.25) is 5.91 Å². The third-order valence-electron chi connectivity index (χ3n) is 6.96. The van der Waals surface area contributed by atoms with E-state index in [1.807, 2.05) is 43.3 Å². The zero-order chi connectivity index (χ0) is 22.0. The van der Waals surface area contributed by atoms with Crippen LogP contribution in [0.4, 0.5) is 0 Å². The number of likely N-dealkylation sites (tertiary alicyclic amines) is 1. The lowest BCUT2D eigenvalue weighted by Gasteiger charge is -2.27. The number of rotatable bonds is 6. The van der Waals surface area contributed by atoms with Crippen molar-refractivity contribution < 1.29 is 14.3 Å². The smallest absolute Gasteiger partial charge is 0.251 e. The Kier molecular flexibility index (Phi) is 6.01. The second-order valence-electron chi connectivity index (χ2n) is 8.83. The Morgan fingerprint density at radius 3 is 2.65 bits per heavy atom. The van der Waals surface area contributed by atoms with Crippen LogP contribution in [0.15, 0.2) is 48.5 Å². The summed E-state index contributed by atoms with van der Waals surface area (Å²) >= 11 is 0. The number of nitrogens with zero attached hydrogens (tertiary/aromatic N) is 1. The first kappa shape index (κ1) is 21.4. The van der Waals surface area contributed by atoms with Crippen molar-refractivity contribution in [2.45, 2.75) is 32.4 Å². The van der Waals surface area contributed by atoms with E-state index in [1.165, 1.54) is 5.56 Å². The Morgan fingerprint density at radius 2 is 1.94 bits per heavy atom. The van der Waals surface area contributed by atoms with E-state index >= 15 is 0 Å². The molecule has 3 atom stereocenters. The number of methoxy groups -OCH3 is 1. The highest BCUT2D eigenvalue weighted by Gasteiger charge is 2.57. The lowest BCUT2D eigenvalue weighted by atomic mass is 9.80. The summed E-state index contributed by atoms with van der Waals surface area (Å²) in [6, 6.07) is 15.9. The van der Waals surface area contributed by atoms with Gasteiger partial charge in [-0.15, -0.1) is 0 Å². The summed E-state index contributed by atoms with van der Waals surface area (Å²) in [7, 11) is 3.32. The largest absolute Gasteiger partial charge is 0.496 e. The van der Waals surface area contributed by atoms with Crippen molar-refractivity contribution in [3.05, 3.63) is 65.2 Å². The second-order valence-corrected chi connectivity index (χ2v) is 8.83. The van der Waals surface area contributed by atoms with E-state index in [1.54, 1.807) is 14.2 Å². The first-order valence-corrected chi connectivity index (χ1v) is 10.9. The molecule has 1 heterocycles. The van der Waals surface area contributed by atoms with Crippen LogP contribution >= 0.6 is 0 Å². The standard InChI is InChI=1S/C25H31N3O3/c1-17-21(10-7-11-22(17)31-3)23(29)27-20-12-19-15-28(14-18-8-5-4-6-9-18)16-25(19,13-20)24(30)26-2/h4-11,19-20H,12-16H2,1-3H3,(H,26,30)(H,27,29)/t19-,20-,25-/m0/s1. The van der Waals surface area contributed by atoms with Gasteiger partial charge in [-0.3, -0.25) is 14.5 Å². The van der Waals surface area contributed by atoms with E-state index < -0.39 is 5.41 Å². The van der Waals surface area contributed by atoms with Crippen LogP contribution in [0, 0.1) is 18.3 Å². The normalized spacial score (nSPS) is 25.1. The van der Waals surface area contributed by atoms with E-state index in [-0.39, 0.29) is 23.8 Å². The highest BCUT2D eigenvalue weighted by Crippen LogP contribution is 2.49.